The number of rotatable bonds is 10. The second kappa shape index (κ2) is 9.84. The van der Waals surface area contributed by atoms with Crippen LogP contribution in [0, 0.1) is 0 Å². The zero-order valence-corrected chi connectivity index (χ0v) is 14.8. The van der Waals surface area contributed by atoms with E-state index in [4.69, 9.17) is 9.29 Å². The van der Waals surface area contributed by atoms with Crippen LogP contribution >= 0.6 is 0 Å². The molecule has 0 spiro atoms. The molecular formula is C13H31N3O6S+2. The Morgan fingerprint density at radius 1 is 1.22 bits per heavy atom. The molecule has 5 N–H and O–H groups in total. The number of aliphatic hydroxyl groups excluding tert-OH is 2. The Bertz CT molecular complexity index is 429. The smallest absolute Gasteiger partial charge is 0.335 e. The number of likely N-dealkylation sites (N-methyl/N-ethyl adjacent to an activating group) is 2. The first-order chi connectivity index (χ1) is 10.7. The molecular weight excluding hydrogens is 326 g/mol. The summed E-state index contributed by atoms with van der Waals surface area (Å²) >= 11 is 0. The maximum absolute atomic E-state index is 11.1. The first-order valence-corrected chi connectivity index (χ1v) is 9.43. The van der Waals surface area contributed by atoms with Crippen molar-refractivity contribution in [1.82, 2.24) is 4.31 Å². The molecule has 0 amide bonds. The summed E-state index contributed by atoms with van der Waals surface area (Å²) in [7, 11) is -2.45. The minimum absolute atomic E-state index is 0.0952. The van der Waals surface area contributed by atoms with Gasteiger partial charge in [-0.1, -0.05) is 6.92 Å². The van der Waals surface area contributed by atoms with Gasteiger partial charge in [0.15, 0.2) is 6.10 Å². The molecule has 1 aliphatic heterocycles. The molecule has 0 saturated carbocycles. The van der Waals surface area contributed by atoms with Crippen LogP contribution in [-0.2, 0) is 15.0 Å². The molecule has 0 bridgehead atoms. The van der Waals surface area contributed by atoms with Gasteiger partial charge in [-0.25, -0.2) is 0 Å². The van der Waals surface area contributed by atoms with Gasteiger partial charge in [0, 0.05) is 13.1 Å². The second-order valence-corrected chi connectivity index (χ2v) is 7.58. The highest BCUT2D eigenvalue weighted by molar-refractivity contribution is 7.83. The van der Waals surface area contributed by atoms with Gasteiger partial charge in [0.05, 0.1) is 20.3 Å². The molecule has 0 radical (unpaired) electrons. The second-order valence-electron chi connectivity index (χ2n) is 6.17. The van der Waals surface area contributed by atoms with Gasteiger partial charge in [0.25, 0.3) is 0 Å². The molecule has 0 aromatic carbocycles. The van der Waals surface area contributed by atoms with Crippen LogP contribution in [0.15, 0.2) is 0 Å². The van der Waals surface area contributed by atoms with Gasteiger partial charge in [-0.05, 0) is 0 Å². The van der Waals surface area contributed by atoms with Crippen molar-refractivity contribution in [3.05, 3.63) is 0 Å². The number of ether oxygens (including phenoxy) is 1. The third kappa shape index (κ3) is 8.36. The quantitative estimate of drug-likeness (QED) is 0.251. The molecule has 1 rings (SSSR count). The van der Waals surface area contributed by atoms with Crippen molar-refractivity contribution in [2.24, 2.45) is 0 Å². The van der Waals surface area contributed by atoms with Crippen molar-refractivity contribution in [2.45, 2.75) is 19.1 Å². The van der Waals surface area contributed by atoms with Gasteiger partial charge in [-0.3, -0.25) is 4.55 Å². The highest BCUT2D eigenvalue weighted by Gasteiger charge is 2.25. The lowest BCUT2D eigenvalue weighted by Crippen LogP contribution is -3.17. The summed E-state index contributed by atoms with van der Waals surface area (Å²) < 4.78 is 37.3. The van der Waals surface area contributed by atoms with E-state index in [1.165, 1.54) is 4.90 Å². The minimum atomic E-state index is -4.29. The molecule has 0 aromatic rings. The third-order valence-corrected chi connectivity index (χ3v) is 5.05. The summed E-state index contributed by atoms with van der Waals surface area (Å²) in [5.41, 5.74) is 0. The van der Waals surface area contributed by atoms with E-state index in [1.807, 2.05) is 7.05 Å². The highest BCUT2D eigenvalue weighted by atomic mass is 32.2. The Labute approximate surface area is 138 Å². The first-order valence-electron chi connectivity index (χ1n) is 8.03. The molecule has 0 aromatic heterocycles. The number of quaternary nitrogens is 2. The Morgan fingerprint density at radius 3 is 2.30 bits per heavy atom. The van der Waals surface area contributed by atoms with Crippen molar-refractivity contribution in [1.29, 1.82) is 0 Å². The van der Waals surface area contributed by atoms with Crippen LogP contribution in [0.5, 0.6) is 0 Å². The van der Waals surface area contributed by atoms with Crippen molar-refractivity contribution >= 4 is 10.3 Å². The summed E-state index contributed by atoms with van der Waals surface area (Å²) in [6, 6.07) is 0. The first kappa shape index (κ1) is 20.7. The molecule has 1 fully saturated rings. The summed E-state index contributed by atoms with van der Waals surface area (Å²) in [5, 5.41) is 20.1. The summed E-state index contributed by atoms with van der Waals surface area (Å²) in [6.07, 6.45) is -1.39. The van der Waals surface area contributed by atoms with Crippen molar-refractivity contribution < 1.29 is 37.7 Å². The van der Waals surface area contributed by atoms with Gasteiger partial charge >= 0.3 is 10.3 Å². The maximum atomic E-state index is 11.1. The SMILES string of the molecule is CCN(C[C@@H](O)C[NH+](C)C[C@H](O)C[NH+]1CCOCC1)S(=O)(=O)O. The monoisotopic (exact) mass is 357 g/mol. The Balaban J connectivity index is 2.32. The van der Waals surface area contributed by atoms with Crippen molar-refractivity contribution in [3.63, 3.8) is 0 Å². The fourth-order valence-electron chi connectivity index (χ4n) is 2.84. The lowest BCUT2D eigenvalue weighted by molar-refractivity contribution is -0.923. The molecule has 1 aliphatic rings. The highest BCUT2D eigenvalue weighted by Crippen LogP contribution is 1.98. The minimum Gasteiger partial charge on any atom is -0.386 e. The average Bonchev–Trinajstić information content (AvgIpc) is 2.44. The maximum Gasteiger partial charge on any atom is 0.335 e. The number of aliphatic hydroxyl groups is 2. The molecule has 1 unspecified atom stereocenters. The van der Waals surface area contributed by atoms with E-state index in [0.29, 0.717) is 32.8 Å². The molecule has 9 nitrogen and oxygen atoms in total. The van der Waals surface area contributed by atoms with Crippen LogP contribution in [0.1, 0.15) is 6.92 Å². The predicted octanol–water partition coefficient (Wildman–Crippen LogP) is -4.74. The number of hydrogen-bond acceptors (Lipinski definition) is 5. The standard InChI is InChI=1S/C13H29N3O6S/c1-3-16(23(19,20)21)11-13(18)9-14(2)8-12(17)10-15-4-6-22-7-5-15/h12-13,17-18H,3-11H2,1-2H3,(H,19,20,21)/p+2/t12-,13-/m0/s1. The van der Waals surface area contributed by atoms with Crippen LogP contribution in [0.2, 0.25) is 0 Å². The largest absolute Gasteiger partial charge is 0.386 e. The fraction of sp³-hybridized carbons (Fsp3) is 1.00. The number of morpholine rings is 1. The molecule has 1 heterocycles. The summed E-state index contributed by atoms with van der Waals surface area (Å²) in [4.78, 5) is 2.21. The molecule has 138 valence electrons. The van der Waals surface area contributed by atoms with E-state index in [1.54, 1.807) is 6.92 Å². The number of nitrogens with zero attached hydrogens (tertiary/aromatic N) is 1. The lowest BCUT2D eigenvalue weighted by Gasteiger charge is -2.27. The van der Waals surface area contributed by atoms with E-state index in [2.05, 4.69) is 0 Å². The lowest BCUT2D eigenvalue weighted by atomic mass is 10.2. The molecule has 3 atom stereocenters. The predicted molar refractivity (Wildman–Crippen MR) is 83.8 cm³/mol. The van der Waals surface area contributed by atoms with E-state index in [-0.39, 0.29) is 13.1 Å². The summed E-state index contributed by atoms with van der Waals surface area (Å²) in [6.45, 7) is 6.14. The van der Waals surface area contributed by atoms with Gasteiger partial charge in [0.1, 0.15) is 38.8 Å². The molecule has 23 heavy (non-hydrogen) atoms. The molecule has 10 heteroatoms. The topological polar surface area (TPSA) is 116 Å². The Morgan fingerprint density at radius 2 is 1.78 bits per heavy atom. The van der Waals surface area contributed by atoms with E-state index >= 15 is 0 Å². The number of hydrogen-bond donors (Lipinski definition) is 5. The van der Waals surface area contributed by atoms with Gasteiger partial charge in [-0.2, -0.15) is 12.7 Å². The normalized spacial score (nSPS) is 21.3. The third-order valence-electron chi connectivity index (χ3n) is 3.99. The fourth-order valence-corrected chi connectivity index (χ4v) is 3.53. The van der Waals surface area contributed by atoms with E-state index in [0.717, 1.165) is 22.3 Å². The van der Waals surface area contributed by atoms with Crippen LogP contribution in [0.4, 0.5) is 0 Å². The zero-order valence-electron chi connectivity index (χ0n) is 13.9. The van der Waals surface area contributed by atoms with Crippen LogP contribution in [0.25, 0.3) is 0 Å². The van der Waals surface area contributed by atoms with E-state index < -0.39 is 22.5 Å². The number of nitrogens with one attached hydrogen (secondary N) is 2. The van der Waals surface area contributed by atoms with Crippen molar-refractivity contribution in [3.8, 4) is 0 Å². The summed E-state index contributed by atoms with van der Waals surface area (Å²) in [5.74, 6) is 0. The van der Waals surface area contributed by atoms with Gasteiger partial charge < -0.3 is 24.7 Å². The molecule has 0 aliphatic carbocycles. The Kier molecular flexibility index (Phi) is 8.86. The van der Waals surface area contributed by atoms with Gasteiger partial charge in [-0.15, -0.1) is 0 Å². The van der Waals surface area contributed by atoms with Crippen molar-refractivity contribution in [2.75, 3.05) is 66.1 Å². The van der Waals surface area contributed by atoms with Crippen LogP contribution in [-0.4, -0.2) is 106 Å². The van der Waals surface area contributed by atoms with Gasteiger partial charge in [0.2, 0.25) is 0 Å². The van der Waals surface area contributed by atoms with Crippen LogP contribution < -0.4 is 9.80 Å². The van der Waals surface area contributed by atoms with Crippen LogP contribution in [0.3, 0.4) is 0 Å². The molecule has 1 saturated heterocycles. The zero-order chi connectivity index (χ0) is 17.5. The van der Waals surface area contributed by atoms with E-state index in [9.17, 15) is 18.6 Å². The Hall–Kier alpha value is -0.330. The average molecular weight is 357 g/mol.